The van der Waals surface area contributed by atoms with Crippen LogP contribution in [0.4, 0.5) is 0 Å². The van der Waals surface area contributed by atoms with E-state index in [1.54, 1.807) is 24.3 Å². The zero-order valence-corrected chi connectivity index (χ0v) is 24.5. The fraction of sp³-hybridized carbons (Fsp3) is 0.0870. The molecule has 15 heteroatoms. The molecule has 192 valence electrons. The number of rotatable bonds is 8. The van der Waals surface area contributed by atoms with Crippen LogP contribution in [-0.2, 0) is 21.1 Å². The first-order valence-electron chi connectivity index (χ1n) is 10.7. The number of hydrogen-bond donors (Lipinski definition) is 2. The topological polar surface area (TPSA) is 110 Å². The van der Waals surface area contributed by atoms with E-state index in [4.69, 9.17) is 35.4 Å². The standard InChI is InChI=1S/C23H14Cl2N6O2S5/c24-13-5-1-11(2-6-13)20-30-28-15(37-20)9-35-22(17-18(32)26-23(34)27-19(17)33)36-10-16-29-31-21(38-16)12-3-7-14(25)8-4-12/h1-8H,9-10H2,(H2,26,27,32,33,34). The highest BCUT2D eigenvalue weighted by Crippen LogP contribution is 2.39. The predicted octanol–water partition coefficient (Wildman–Crippen LogP) is 5.94. The first kappa shape index (κ1) is 27.2. The number of carbonyl (C=O) groups is 2. The molecule has 0 spiro atoms. The van der Waals surface area contributed by atoms with Gasteiger partial charge in [-0.15, -0.1) is 43.9 Å². The number of thioether (sulfide) groups is 2. The van der Waals surface area contributed by atoms with Gasteiger partial charge in [0.05, 0.1) is 15.7 Å². The van der Waals surface area contributed by atoms with Crippen LogP contribution in [0.2, 0.25) is 10.0 Å². The minimum absolute atomic E-state index is 0.00141. The van der Waals surface area contributed by atoms with Crippen molar-refractivity contribution in [3.8, 4) is 21.1 Å². The third-order valence-corrected chi connectivity index (χ3v) is 10.4. The maximum absolute atomic E-state index is 12.7. The molecule has 2 aromatic heterocycles. The van der Waals surface area contributed by atoms with Gasteiger partial charge in [-0.25, -0.2) is 0 Å². The Hall–Kier alpha value is -2.39. The Bertz CT molecular complexity index is 1440. The van der Waals surface area contributed by atoms with Gasteiger partial charge in [-0.1, -0.05) is 70.1 Å². The Morgan fingerprint density at radius 2 is 1.16 bits per heavy atom. The molecule has 0 radical (unpaired) electrons. The lowest BCUT2D eigenvalue weighted by molar-refractivity contribution is -0.123. The van der Waals surface area contributed by atoms with Crippen molar-refractivity contribution in [1.29, 1.82) is 0 Å². The fourth-order valence-electron chi connectivity index (χ4n) is 3.13. The lowest BCUT2D eigenvalue weighted by Crippen LogP contribution is -2.51. The lowest BCUT2D eigenvalue weighted by atomic mass is 10.2. The van der Waals surface area contributed by atoms with E-state index in [0.29, 0.717) is 25.8 Å². The van der Waals surface area contributed by atoms with E-state index in [1.807, 2.05) is 24.3 Å². The van der Waals surface area contributed by atoms with Crippen LogP contribution in [0.25, 0.3) is 21.1 Å². The monoisotopic (exact) mass is 636 g/mol. The molecule has 2 aromatic carbocycles. The molecule has 4 aromatic rings. The Kier molecular flexibility index (Phi) is 8.73. The van der Waals surface area contributed by atoms with Crippen LogP contribution < -0.4 is 10.6 Å². The molecule has 3 heterocycles. The zero-order chi connectivity index (χ0) is 26.6. The van der Waals surface area contributed by atoms with Gasteiger partial charge < -0.3 is 0 Å². The summed E-state index contributed by atoms with van der Waals surface area (Å²) >= 11 is 22.4. The molecule has 2 N–H and O–H groups in total. The highest BCUT2D eigenvalue weighted by molar-refractivity contribution is 8.21. The van der Waals surface area contributed by atoms with E-state index in [-0.39, 0.29) is 10.7 Å². The average molecular weight is 638 g/mol. The summed E-state index contributed by atoms with van der Waals surface area (Å²) in [6, 6.07) is 14.7. The second-order valence-electron chi connectivity index (χ2n) is 7.49. The van der Waals surface area contributed by atoms with Crippen LogP contribution in [0.1, 0.15) is 10.0 Å². The SMILES string of the molecule is O=C1NC(=S)NC(=O)C1=C(SCc1nnc(-c2ccc(Cl)cc2)s1)SCc1nnc(-c2ccc(Cl)cc2)s1. The van der Waals surface area contributed by atoms with Gasteiger partial charge in [0.15, 0.2) is 5.11 Å². The van der Waals surface area contributed by atoms with E-state index in [0.717, 1.165) is 31.2 Å². The van der Waals surface area contributed by atoms with Crippen LogP contribution in [0.3, 0.4) is 0 Å². The highest BCUT2D eigenvalue weighted by Gasteiger charge is 2.30. The molecule has 0 aliphatic carbocycles. The number of aromatic nitrogens is 4. The zero-order valence-electron chi connectivity index (χ0n) is 18.9. The second-order valence-corrected chi connectivity index (χ2v) is 13.1. The molecule has 1 aliphatic rings. The number of halogens is 2. The van der Waals surface area contributed by atoms with E-state index in [9.17, 15) is 9.59 Å². The van der Waals surface area contributed by atoms with Gasteiger partial charge >= 0.3 is 0 Å². The largest absolute Gasteiger partial charge is 0.298 e. The summed E-state index contributed by atoms with van der Waals surface area (Å²) in [5.41, 5.74) is 1.81. The molecule has 0 saturated carbocycles. The van der Waals surface area contributed by atoms with Crippen LogP contribution in [0.15, 0.2) is 58.3 Å². The van der Waals surface area contributed by atoms with Gasteiger partial charge in [-0.3, -0.25) is 20.2 Å². The summed E-state index contributed by atoms with van der Waals surface area (Å²) in [5, 5.41) is 26.3. The molecule has 1 saturated heterocycles. The normalized spacial score (nSPS) is 13.4. The van der Waals surface area contributed by atoms with Crippen molar-refractivity contribution in [3.63, 3.8) is 0 Å². The van der Waals surface area contributed by atoms with Crippen LogP contribution in [0.5, 0.6) is 0 Å². The molecule has 0 atom stereocenters. The van der Waals surface area contributed by atoms with Gasteiger partial charge in [-0.2, -0.15) is 0 Å². The van der Waals surface area contributed by atoms with Gasteiger partial charge in [0.2, 0.25) is 0 Å². The van der Waals surface area contributed by atoms with Crippen molar-refractivity contribution < 1.29 is 9.59 Å². The van der Waals surface area contributed by atoms with Crippen molar-refractivity contribution in [1.82, 2.24) is 31.0 Å². The van der Waals surface area contributed by atoms with Crippen molar-refractivity contribution in [2.45, 2.75) is 11.5 Å². The molecule has 0 bridgehead atoms. The fourth-order valence-corrected chi connectivity index (χ4v) is 7.65. The van der Waals surface area contributed by atoms with E-state index < -0.39 is 11.8 Å². The Morgan fingerprint density at radius 1 is 0.737 bits per heavy atom. The number of nitrogens with one attached hydrogen (secondary N) is 2. The molecule has 1 fully saturated rings. The van der Waals surface area contributed by atoms with E-state index in [2.05, 4.69) is 31.0 Å². The lowest BCUT2D eigenvalue weighted by Gasteiger charge is -2.19. The van der Waals surface area contributed by atoms with Crippen molar-refractivity contribution >= 4 is 98.5 Å². The van der Waals surface area contributed by atoms with Gasteiger partial charge in [-0.05, 0) is 36.5 Å². The summed E-state index contributed by atoms with van der Waals surface area (Å²) in [6.07, 6.45) is 0. The number of amides is 2. The summed E-state index contributed by atoms with van der Waals surface area (Å²) in [6.45, 7) is 0. The molecular weight excluding hydrogens is 624 g/mol. The minimum atomic E-state index is -0.549. The highest BCUT2D eigenvalue weighted by atomic mass is 35.5. The van der Waals surface area contributed by atoms with Crippen LogP contribution in [0, 0.1) is 0 Å². The van der Waals surface area contributed by atoms with Crippen molar-refractivity contribution in [2.75, 3.05) is 0 Å². The number of nitrogens with zero attached hydrogens (tertiary/aromatic N) is 4. The third kappa shape index (κ3) is 6.60. The Labute approximate surface area is 248 Å². The number of thiocarbonyl (C=S) groups is 1. The number of hydrogen-bond acceptors (Lipinski definition) is 11. The molecule has 38 heavy (non-hydrogen) atoms. The first-order valence-corrected chi connectivity index (χ1v) is 15.5. The number of carbonyl (C=O) groups excluding carboxylic acids is 2. The molecule has 2 amide bonds. The smallest absolute Gasteiger partial charge is 0.264 e. The Morgan fingerprint density at radius 3 is 1.58 bits per heavy atom. The van der Waals surface area contributed by atoms with Gasteiger partial charge in [0, 0.05) is 21.2 Å². The average Bonchev–Trinajstić information content (AvgIpc) is 3.56. The van der Waals surface area contributed by atoms with Gasteiger partial charge in [0.1, 0.15) is 25.6 Å². The second kappa shape index (κ2) is 12.2. The maximum atomic E-state index is 12.7. The molecule has 0 unspecified atom stereocenters. The predicted molar refractivity (Wildman–Crippen MR) is 159 cm³/mol. The number of benzene rings is 2. The van der Waals surface area contributed by atoms with Crippen LogP contribution in [-0.4, -0.2) is 37.3 Å². The summed E-state index contributed by atoms with van der Waals surface area (Å²) in [4.78, 5) is 25.4. The Balaban J connectivity index is 1.33. The third-order valence-electron chi connectivity index (χ3n) is 4.88. The van der Waals surface area contributed by atoms with Gasteiger partial charge in [0.25, 0.3) is 11.8 Å². The van der Waals surface area contributed by atoms with E-state index in [1.165, 1.54) is 46.2 Å². The molecular formula is C23H14Cl2N6O2S5. The summed E-state index contributed by atoms with van der Waals surface area (Å²) in [7, 11) is 0. The summed E-state index contributed by atoms with van der Waals surface area (Å²) in [5.74, 6) is -0.276. The first-order chi connectivity index (χ1) is 18.4. The summed E-state index contributed by atoms with van der Waals surface area (Å²) < 4.78 is 0.522. The molecule has 5 rings (SSSR count). The van der Waals surface area contributed by atoms with E-state index >= 15 is 0 Å². The van der Waals surface area contributed by atoms with Crippen molar-refractivity contribution in [3.05, 3.63) is 78.4 Å². The quantitative estimate of drug-likeness (QED) is 0.138. The van der Waals surface area contributed by atoms with Crippen LogP contribution >= 0.6 is 81.6 Å². The van der Waals surface area contributed by atoms with Crippen molar-refractivity contribution in [2.24, 2.45) is 0 Å². The molecule has 1 aliphatic heterocycles. The maximum Gasteiger partial charge on any atom is 0.264 e. The minimum Gasteiger partial charge on any atom is -0.298 e. The molecule has 8 nitrogen and oxygen atoms in total.